The first-order valence-electron chi connectivity index (χ1n) is 12.5. The number of piperidine rings is 1. The van der Waals surface area contributed by atoms with Gasteiger partial charge in [0, 0.05) is 59.3 Å². The molecule has 0 spiro atoms. The number of morpholine rings is 1. The first-order valence-corrected chi connectivity index (χ1v) is 12.5. The fraction of sp³-hybridized carbons (Fsp3) is 0.615. The van der Waals surface area contributed by atoms with Crippen LogP contribution in [0.5, 0.6) is 0 Å². The maximum absolute atomic E-state index is 13.7. The van der Waals surface area contributed by atoms with E-state index in [2.05, 4.69) is 0 Å². The van der Waals surface area contributed by atoms with Crippen LogP contribution in [0.3, 0.4) is 0 Å². The number of rotatable bonds is 8. The van der Waals surface area contributed by atoms with E-state index < -0.39 is 5.41 Å². The highest BCUT2D eigenvalue weighted by molar-refractivity contribution is 6.10. The van der Waals surface area contributed by atoms with Gasteiger partial charge in [-0.05, 0) is 24.8 Å². The summed E-state index contributed by atoms with van der Waals surface area (Å²) in [6.07, 6.45) is 1.92. The standard InChI is InChI=1S/C26H35N3O6/c1-34-14-6-11-29-23(31)18-26(25(29)33,21-8-3-2-4-9-21)17-22(30)28-10-5-7-20(19-28)24(32)27-12-15-35-16-13-27/h2-4,8-9,20H,5-7,10-19H2,1H3/t20-,26+/m1/s1. The van der Waals surface area contributed by atoms with E-state index in [9.17, 15) is 19.2 Å². The van der Waals surface area contributed by atoms with Gasteiger partial charge in [-0.1, -0.05) is 30.3 Å². The monoisotopic (exact) mass is 485 g/mol. The molecule has 3 heterocycles. The molecule has 2 atom stereocenters. The van der Waals surface area contributed by atoms with E-state index in [-0.39, 0.29) is 48.9 Å². The number of benzene rings is 1. The number of nitrogens with zero attached hydrogens (tertiary/aromatic N) is 3. The summed E-state index contributed by atoms with van der Waals surface area (Å²) in [6, 6.07) is 9.13. The summed E-state index contributed by atoms with van der Waals surface area (Å²) < 4.78 is 10.4. The minimum atomic E-state index is -1.22. The van der Waals surface area contributed by atoms with Gasteiger partial charge < -0.3 is 19.3 Å². The number of hydrogen-bond acceptors (Lipinski definition) is 6. The lowest BCUT2D eigenvalue weighted by Crippen LogP contribution is -2.51. The maximum Gasteiger partial charge on any atom is 0.240 e. The molecular weight excluding hydrogens is 450 g/mol. The number of ether oxygens (including phenoxy) is 2. The number of carbonyl (C=O) groups is 4. The Balaban J connectivity index is 1.50. The van der Waals surface area contributed by atoms with Gasteiger partial charge in [0.05, 0.1) is 24.5 Å². The highest BCUT2D eigenvalue weighted by Crippen LogP contribution is 2.40. The van der Waals surface area contributed by atoms with Crippen molar-refractivity contribution in [3.05, 3.63) is 35.9 Å². The van der Waals surface area contributed by atoms with Crippen molar-refractivity contribution in [2.75, 3.05) is 59.7 Å². The van der Waals surface area contributed by atoms with Gasteiger partial charge in [0.15, 0.2) is 0 Å². The summed E-state index contributed by atoms with van der Waals surface area (Å²) in [7, 11) is 1.58. The molecule has 190 valence electrons. The predicted octanol–water partition coefficient (Wildman–Crippen LogP) is 1.21. The van der Waals surface area contributed by atoms with Crippen molar-refractivity contribution < 1.29 is 28.7 Å². The Morgan fingerprint density at radius 2 is 1.83 bits per heavy atom. The third-order valence-electron chi connectivity index (χ3n) is 7.36. The minimum absolute atomic E-state index is 0.0292. The van der Waals surface area contributed by atoms with Crippen molar-refractivity contribution in [3.63, 3.8) is 0 Å². The zero-order valence-electron chi connectivity index (χ0n) is 20.4. The van der Waals surface area contributed by atoms with E-state index in [4.69, 9.17) is 9.47 Å². The molecule has 3 aliphatic rings. The van der Waals surface area contributed by atoms with Crippen molar-refractivity contribution in [2.24, 2.45) is 5.92 Å². The molecule has 9 heteroatoms. The molecule has 3 saturated heterocycles. The fourth-order valence-electron chi connectivity index (χ4n) is 5.43. The van der Waals surface area contributed by atoms with Gasteiger partial charge in [0.1, 0.15) is 0 Å². The average molecular weight is 486 g/mol. The van der Waals surface area contributed by atoms with Gasteiger partial charge in [-0.15, -0.1) is 0 Å². The van der Waals surface area contributed by atoms with Gasteiger partial charge in [-0.3, -0.25) is 24.1 Å². The summed E-state index contributed by atoms with van der Waals surface area (Å²) in [6.45, 7) is 3.85. The van der Waals surface area contributed by atoms with E-state index in [1.165, 1.54) is 4.90 Å². The van der Waals surface area contributed by atoms with Gasteiger partial charge in [0.25, 0.3) is 0 Å². The maximum atomic E-state index is 13.7. The molecule has 0 N–H and O–H groups in total. The molecule has 3 fully saturated rings. The van der Waals surface area contributed by atoms with Crippen molar-refractivity contribution in [1.29, 1.82) is 0 Å². The molecular formula is C26H35N3O6. The van der Waals surface area contributed by atoms with Crippen LogP contribution in [-0.2, 0) is 34.1 Å². The van der Waals surface area contributed by atoms with Crippen LogP contribution < -0.4 is 0 Å². The van der Waals surface area contributed by atoms with Crippen LogP contribution in [0.2, 0.25) is 0 Å². The van der Waals surface area contributed by atoms with E-state index >= 15 is 0 Å². The van der Waals surface area contributed by atoms with Crippen LogP contribution in [0.15, 0.2) is 30.3 Å². The largest absolute Gasteiger partial charge is 0.385 e. The highest BCUT2D eigenvalue weighted by atomic mass is 16.5. The predicted molar refractivity (Wildman–Crippen MR) is 127 cm³/mol. The molecule has 0 radical (unpaired) electrons. The Labute approximate surface area is 206 Å². The third kappa shape index (κ3) is 5.41. The highest BCUT2D eigenvalue weighted by Gasteiger charge is 2.54. The average Bonchev–Trinajstić information content (AvgIpc) is 3.14. The molecule has 4 rings (SSSR count). The number of carbonyl (C=O) groups excluding carboxylic acids is 4. The molecule has 0 bridgehead atoms. The number of imide groups is 1. The quantitative estimate of drug-likeness (QED) is 0.406. The number of hydrogen-bond donors (Lipinski definition) is 0. The normalized spacial score (nSPS) is 25.3. The Kier molecular flexibility index (Phi) is 8.18. The SMILES string of the molecule is COCCCN1C(=O)C[C@@](CC(=O)N2CCC[C@@H](C(=O)N3CCOCC3)C2)(c2ccccc2)C1=O. The van der Waals surface area contributed by atoms with Gasteiger partial charge >= 0.3 is 0 Å². The molecule has 1 aromatic carbocycles. The summed E-state index contributed by atoms with van der Waals surface area (Å²) in [5.74, 6) is -0.948. The lowest BCUT2D eigenvalue weighted by atomic mass is 9.75. The Bertz CT molecular complexity index is 932. The molecule has 0 saturated carbocycles. The van der Waals surface area contributed by atoms with Crippen molar-refractivity contribution in [1.82, 2.24) is 14.7 Å². The summed E-state index contributed by atoms with van der Waals surface area (Å²) in [5.41, 5.74) is -0.539. The smallest absolute Gasteiger partial charge is 0.240 e. The molecule has 9 nitrogen and oxygen atoms in total. The molecule has 0 aliphatic carbocycles. The zero-order chi connectivity index (χ0) is 24.8. The van der Waals surface area contributed by atoms with Crippen LogP contribution in [0.1, 0.15) is 37.7 Å². The molecule has 4 amide bonds. The number of methoxy groups -OCH3 is 1. The van der Waals surface area contributed by atoms with Crippen LogP contribution in [0, 0.1) is 5.92 Å². The second kappa shape index (κ2) is 11.3. The summed E-state index contributed by atoms with van der Waals surface area (Å²) in [5, 5.41) is 0. The fourth-order valence-corrected chi connectivity index (χ4v) is 5.43. The van der Waals surface area contributed by atoms with Gasteiger partial charge in [0.2, 0.25) is 23.6 Å². The Morgan fingerprint density at radius 1 is 1.09 bits per heavy atom. The molecule has 35 heavy (non-hydrogen) atoms. The zero-order valence-corrected chi connectivity index (χ0v) is 20.4. The Morgan fingerprint density at radius 3 is 2.54 bits per heavy atom. The number of likely N-dealkylation sites (tertiary alicyclic amines) is 2. The summed E-state index contributed by atoms with van der Waals surface area (Å²) in [4.78, 5) is 58.0. The summed E-state index contributed by atoms with van der Waals surface area (Å²) >= 11 is 0. The van der Waals surface area contributed by atoms with Gasteiger partial charge in [-0.2, -0.15) is 0 Å². The van der Waals surface area contributed by atoms with Crippen molar-refractivity contribution >= 4 is 23.6 Å². The van der Waals surface area contributed by atoms with Crippen LogP contribution >= 0.6 is 0 Å². The lowest BCUT2D eigenvalue weighted by Gasteiger charge is -2.37. The molecule has 3 aliphatic heterocycles. The van der Waals surface area contributed by atoms with Crippen molar-refractivity contribution in [2.45, 2.75) is 37.5 Å². The molecule has 0 unspecified atom stereocenters. The minimum Gasteiger partial charge on any atom is -0.385 e. The van der Waals surface area contributed by atoms with Crippen LogP contribution in [-0.4, -0.2) is 98.0 Å². The second-order valence-electron chi connectivity index (χ2n) is 9.62. The topological polar surface area (TPSA) is 96.5 Å². The van der Waals surface area contributed by atoms with Crippen LogP contribution in [0.4, 0.5) is 0 Å². The van der Waals surface area contributed by atoms with E-state index in [1.54, 1.807) is 12.0 Å². The van der Waals surface area contributed by atoms with E-state index in [0.29, 0.717) is 58.0 Å². The molecule has 0 aromatic heterocycles. The first-order chi connectivity index (χ1) is 17.0. The van der Waals surface area contributed by atoms with Crippen LogP contribution in [0.25, 0.3) is 0 Å². The van der Waals surface area contributed by atoms with Gasteiger partial charge in [-0.25, -0.2) is 0 Å². The second-order valence-corrected chi connectivity index (χ2v) is 9.62. The van der Waals surface area contributed by atoms with E-state index in [1.807, 2.05) is 35.2 Å². The number of amides is 4. The Hall–Kier alpha value is -2.78. The molecule has 1 aromatic rings. The third-order valence-corrected chi connectivity index (χ3v) is 7.36. The van der Waals surface area contributed by atoms with Crippen molar-refractivity contribution in [3.8, 4) is 0 Å². The van der Waals surface area contributed by atoms with E-state index in [0.717, 1.165) is 12.8 Å². The first kappa shape index (κ1) is 25.3. The lowest BCUT2D eigenvalue weighted by molar-refractivity contribution is -0.146.